The summed E-state index contributed by atoms with van der Waals surface area (Å²) in [6.45, 7) is 3.47. The monoisotopic (exact) mass is 996 g/mol. The number of methoxy groups -OCH3 is 3. The van der Waals surface area contributed by atoms with Crippen molar-refractivity contribution in [2.75, 3.05) is 26.2 Å². The lowest BCUT2D eigenvalue weighted by molar-refractivity contribution is -0.129. The Morgan fingerprint density at radius 1 is 0.955 bits per heavy atom. The molecule has 1 saturated carbocycles. The number of phenols is 1. The van der Waals surface area contributed by atoms with Gasteiger partial charge < -0.3 is 23.9 Å². The lowest BCUT2D eigenvalue weighted by Crippen LogP contribution is -2.49. The van der Waals surface area contributed by atoms with Crippen LogP contribution < -0.4 is 36.0 Å². The summed E-state index contributed by atoms with van der Waals surface area (Å²) in [4.78, 5) is 79.6. The highest BCUT2D eigenvalue weighted by atomic mass is 79.9. The van der Waals surface area contributed by atoms with Gasteiger partial charge >= 0.3 is 11.4 Å². The zero-order valence-corrected chi connectivity index (χ0v) is 39.9. The number of amides is 2. The normalized spacial score (nSPS) is 20.2. The smallest absolute Gasteiger partial charge is 0.347 e. The molecule has 4 atom stereocenters. The van der Waals surface area contributed by atoms with Gasteiger partial charge in [-0.05, 0) is 67.1 Å². The molecule has 1 saturated heterocycles. The summed E-state index contributed by atoms with van der Waals surface area (Å²) in [7, 11) is 7.68. The minimum absolute atomic E-state index is 0.0197. The van der Waals surface area contributed by atoms with E-state index < -0.39 is 52.0 Å². The maximum Gasteiger partial charge on any atom is 0.347 e. The van der Waals surface area contributed by atoms with Gasteiger partial charge in [0.2, 0.25) is 11.8 Å². The van der Waals surface area contributed by atoms with Crippen molar-refractivity contribution in [2.24, 2.45) is 25.4 Å². The second-order valence-electron chi connectivity index (χ2n) is 17.0. The predicted octanol–water partition coefficient (Wildman–Crippen LogP) is 6.24. The Labute approximate surface area is 392 Å². The quantitative estimate of drug-likeness (QED) is 0.128. The van der Waals surface area contributed by atoms with E-state index in [0.717, 1.165) is 25.1 Å². The van der Waals surface area contributed by atoms with E-state index >= 15 is 9.59 Å². The molecule has 340 valence electrons. The minimum Gasteiger partial charge on any atom is -0.504 e. The zero-order chi connectivity index (χ0) is 46.8. The van der Waals surface area contributed by atoms with E-state index in [1.165, 1.54) is 56.2 Å². The number of thiophene rings is 1. The van der Waals surface area contributed by atoms with Crippen LogP contribution in [0.4, 0.5) is 5.82 Å². The molecule has 66 heavy (non-hydrogen) atoms. The van der Waals surface area contributed by atoms with E-state index in [0.29, 0.717) is 48.9 Å². The van der Waals surface area contributed by atoms with Crippen LogP contribution in [0.15, 0.2) is 79.0 Å². The number of fused-ring (bicyclic) bond motifs is 6. The van der Waals surface area contributed by atoms with Gasteiger partial charge in [0.15, 0.2) is 23.0 Å². The number of carbonyl (C=O) groups excluding carboxylic acids is 2. The summed E-state index contributed by atoms with van der Waals surface area (Å²) < 4.78 is 24.7. The zero-order valence-electron chi connectivity index (χ0n) is 36.7. The van der Waals surface area contributed by atoms with Crippen LogP contribution in [0.1, 0.15) is 42.1 Å². The van der Waals surface area contributed by atoms with E-state index in [1.54, 1.807) is 57.4 Å². The molecule has 0 radical (unpaired) electrons. The van der Waals surface area contributed by atoms with Crippen LogP contribution in [0.5, 0.6) is 23.0 Å². The van der Waals surface area contributed by atoms with Gasteiger partial charge in [-0.2, -0.15) is 5.10 Å². The molecule has 10 rings (SSSR count). The Morgan fingerprint density at radius 3 is 2.41 bits per heavy atom. The topological polar surface area (TPSA) is 187 Å². The Bertz CT molecular complexity index is 3490. The lowest BCUT2D eigenvalue weighted by atomic mass is 9.56. The van der Waals surface area contributed by atoms with Gasteiger partial charge in [0.05, 0.1) is 61.2 Å². The van der Waals surface area contributed by atoms with Gasteiger partial charge in [-0.3, -0.25) is 19.1 Å². The van der Waals surface area contributed by atoms with Crippen molar-refractivity contribution in [1.82, 2.24) is 33.3 Å². The number of halogens is 2. The Balaban J connectivity index is 1.06. The standard InChI is InChI=1S/C46H42BrClN8O9S/c1-21-25-16-23(48)8-9-36(25)66-40(21)30-19-37(52(4)50-30)55-41(58)27-17-31-24(38(46(27,2)43(55)60)26-14-22(47)15-35(65-7)39(26)57)10-13-54-44(61)53(45(62)56(31)54)12-11-28-42(59)51(3)32-20-34(64-6)33(63-5)18-29(32)49-28/h8-10,14-16,18-20,27,31,38,57H,11-13,17H2,1-7H3. The number of imide groups is 1. The van der Waals surface area contributed by atoms with Gasteiger partial charge in [-0.1, -0.05) is 33.6 Å². The van der Waals surface area contributed by atoms with Crippen LogP contribution in [0.25, 0.3) is 31.7 Å². The lowest BCUT2D eigenvalue weighted by Gasteiger charge is -2.47. The van der Waals surface area contributed by atoms with E-state index in [4.69, 9.17) is 30.9 Å². The molecule has 4 unspecified atom stereocenters. The first-order valence-corrected chi connectivity index (χ1v) is 22.9. The van der Waals surface area contributed by atoms with Crippen LogP contribution >= 0.6 is 38.9 Å². The molecule has 1 aliphatic carbocycles. The first kappa shape index (κ1) is 43.5. The number of carbonyl (C=O) groups is 2. The first-order valence-electron chi connectivity index (χ1n) is 20.9. The molecule has 0 spiro atoms. The number of nitrogens with zero attached hydrogens (tertiary/aromatic N) is 8. The van der Waals surface area contributed by atoms with Crippen LogP contribution in [-0.4, -0.2) is 71.5 Å². The van der Waals surface area contributed by atoms with E-state index in [9.17, 15) is 19.5 Å². The number of anilines is 1. The fraction of sp³-hybridized carbons (Fsp3) is 0.326. The SMILES string of the molecule is COc1cc2nc(CCn3c(=O)n4n(c3=O)C3CC5C(=O)N(c6cc(-c7sc8ccc(Cl)cc8c7C)nn6C)C(=O)C5(C)C(c5cc(Br)cc(OC)c5O)C3=CC4)c(=O)n(C)c2cc1OC. The Morgan fingerprint density at radius 2 is 1.68 bits per heavy atom. The highest BCUT2D eigenvalue weighted by Gasteiger charge is 2.66. The van der Waals surface area contributed by atoms with Crippen LogP contribution in [0.3, 0.4) is 0 Å². The van der Waals surface area contributed by atoms with Crippen LogP contribution in [-0.2, 0) is 43.2 Å². The van der Waals surface area contributed by atoms with Crippen molar-refractivity contribution in [3.05, 3.63) is 118 Å². The molecular formula is C46H42BrClN8O9S. The Kier molecular flexibility index (Phi) is 10.3. The number of rotatable bonds is 9. The largest absolute Gasteiger partial charge is 0.504 e. The van der Waals surface area contributed by atoms with Crippen molar-refractivity contribution < 1.29 is 28.9 Å². The maximum absolute atomic E-state index is 15.3. The summed E-state index contributed by atoms with van der Waals surface area (Å²) in [5.74, 6) is -2.04. The highest BCUT2D eigenvalue weighted by molar-refractivity contribution is 9.10. The summed E-state index contributed by atoms with van der Waals surface area (Å²) in [6.07, 6.45) is 1.73. The predicted molar refractivity (Wildman–Crippen MR) is 251 cm³/mol. The van der Waals surface area contributed by atoms with Crippen molar-refractivity contribution in [2.45, 2.75) is 51.7 Å². The summed E-state index contributed by atoms with van der Waals surface area (Å²) >= 11 is 11.4. The van der Waals surface area contributed by atoms with Crippen molar-refractivity contribution >= 4 is 77.6 Å². The fourth-order valence-electron chi connectivity index (χ4n) is 10.4. The number of allylic oxidation sites excluding steroid dienone is 2. The third kappa shape index (κ3) is 6.18. The molecule has 7 aromatic rings. The van der Waals surface area contributed by atoms with Gasteiger partial charge in [0.1, 0.15) is 17.2 Å². The molecule has 3 aromatic carbocycles. The van der Waals surface area contributed by atoms with Gasteiger partial charge in [0.25, 0.3) is 5.56 Å². The molecular weight excluding hydrogens is 956 g/mol. The molecule has 2 fully saturated rings. The van der Waals surface area contributed by atoms with E-state index in [-0.39, 0.29) is 48.9 Å². The van der Waals surface area contributed by atoms with Crippen molar-refractivity contribution in [3.8, 4) is 33.6 Å². The number of phenolic OH excluding ortho intramolecular Hbond substituents is 1. The number of aromatic nitrogens is 7. The fourth-order valence-corrected chi connectivity index (χ4v) is 12.1. The van der Waals surface area contributed by atoms with Gasteiger partial charge in [-0.15, -0.1) is 11.3 Å². The van der Waals surface area contributed by atoms with Crippen molar-refractivity contribution in [3.63, 3.8) is 0 Å². The second kappa shape index (κ2) is 15.6. The van der Waals surface area contributed by atoms with Crippen molar-refractivity contribution in [1.29, 1.82) is 0 Å². The second-order valence-corrected chi connectivity index (χ2v) is 19.4. The summed E-state index contributed by atoms with van der Waals surface area (Å²) in [5, 5.41) is 18.2. The molecule has 2 aliphatic heterocycles. The number of hydrogen-bond donors (Lipinski definition) is 1. The third-order valence-electron chi connectivity index (χ3n) is 13.7. The van der Waals surface area contributed by atoms with Crippen LogP contribution in [0.2, 0.25) is 5.02 Å². The molecule has 17 nitrogen and oxygen atoms in total. The summed E-state index contributed by atoms with van der Waals surface area (Å²) in [6, 6.07) is 13.1. The number of aryl methyl sites for hydroxylation is 4. The molecule has 2 amide bonds. The molecule has 0 bridgehead atoms. The minimum atomic E-state index is -1.50. The molecule has 3 aliphatic rings. The number of aromatic hydroxyl groups is 1. The molecule has 20 heteroatoms. The molecule has 1 N–H and O–H groups in total. The average molecular weight is 998 g/mol. The number of hydrogen-bond acceptors (Lipinski definition) is 12. The van der Waals surface area contributed by atoms with E-state index in [1.807, 2.05) is 25.1 Å². The highest BCUT2D eigenvalue weighted by Crippen LogP contribution is 2.63. The van der Waals surface area contributed by atoms with Gasteiger partial charge in [0, 0.05) is 70.9 Å². The Hall–Kier alpha value is -6.44. The van der Waals surface area contributed by atoms with E-state index in [2.05, 4.69) is 20.9 Å². The van der Waals surface area contributed by atoms with Gasteiger partial charge in [-0.25, -0.2) is 33.4 Å². The maximum atomic E-state index is 15.3. The first-order chi connectivity index (χ1) is 31.5. The summed E-state index contributed by atoms with van der Waals surface area (Å²) in [5.41, 5.74) is 0.296. The third-order valence-corrected chi connectivity index (χ3v) is 15.6. The van der Waals surface area contributed by atoms with Crippen LogP contribution in [0, 0.1) is 18.3 Å². The number of ether oxygens (including phenoxy) is 3. The average Bonchev–Trinajstić information content (AvgIpc) is 3.97. The molecule has 4 aromatic heterocycles. The number of benzene rings is 3. The molecule has 6 heterocycles.